The second-order valence-corrected chi connectivity index (χ2v) is 12.9. The van der Waals surface area contributed by atoms with Gasteiger partial charge in [-0.1, -0.05) is 72.8 Å². The van der Waals surface area contributed by atoms with Gasteiger partial charge < -0.3 is 29.7 Å². The molecule has 0 aliphatic rings. The van der Waals surface area contributed by atoms with E-state index in [0.717, 1.165) is 16.7 Å². The lowest BCUT2D eigenvalue weighted by molar-refractivity contribution is 0.0216. The third-order valence-corrected chi connectivity index (χ3v) is 10.6. The molecule has 3 N–H and O–H groups in total. The van der Waals surface area contributed by atoms with Crippen LogP contribution in [-0.4, -0.2) is 68.3 Å². The van der Waals surface area contributed by atoms with Crippen molar-refractivity contribution in [2.24, 2.45) is 0 Å². The lowest BCUT2D eigenvalue weighted by Gasteiger charge is -2.38. The number of carbonyl (C=O) groups is 1. The Balaban J connectivity index is 1.40. The van der Waals surface area contributed by atoms with Crippen molar-refractivity contribution < 1.29 is 29.2 Å². The molecule has 0 saturated carbocycles. The highest BCUT2D eigenvalue weighted by molar-refractivity contribution is 8.00. The third kappa shape index (κ3) is 6.83. The molecule has 0 bridgehead atoms. The minimum absolute atomic E-state index is 0.150. The second kappa shape index (κ2) is 15.0. The first-order valence-electron chi connectivity index (χ1n) is 15.9. The lowest BCUT2D eigenvalue weighted by atomic mass is 9.84. The third-order valence-electron chi connectivity index (χ3n) is 8.73. The van der Waals surface area contributed by atoms with Crippen LogP contribution in [0.2, 0.25) is 0 Å². The first kappa shape index (κ1) is 35.0. The molecule has 6 aromatic rings. The Morgan fingerprint density at radius 3 is 1.86 bits per heavy atom. The number of fused-ring (bicyclic) bond motifs is 1. The summed E-state index contributed by atoms with van der Waals surface area (Å²) in [6.07, 6.45) is 2.55. The summed E-state index contributed by atoms with van der Waals surface area (Å²) in [6, 6.07) is 34.5. The van der Waals surface area contributed by atoms with Gasteiger partial charge in [0.1, 0.15) is 29.8 Å². The Morgan fingerprint density at radius 1 is 0.765 bits per heavy atom. The molecule has 6 rings (SSSR count). The zero-order valence-electron chi connectivity index (χ0n) is 28.5. The molecule has 2 heterocycles. The normalized spacial score (nSPS) is 13.3. The smallest absolute Gasteiger partial charge is 0.256 e. The molecule has 11 nitrogen and oxygen atoms in total. The standard InChI is InChI=1S/C39H37N5O6S/c1-38(50-4,33(45)37(47)44-25-42-32-34(40-24-41-35(32)44)43-36(46)26-11-7-5-8-12-26)23-51-39(27-13-9-6-10-14-27,28-15-19-30(48-2)20-16-28)29-17-21-31(49-3)22-18-29/h5-22,24-25,45,47H,23H2,1-4H3,(H,40,41,43,46)/b37-33-. The topological polar surface area (TPSA) is 141 Å². The maximum Gasteiger partial charge on any atom is 0.256 e. The Kier molecular flexibility index (Phi) is 10.3. The molecule has 0 spiro atoms. The molecule has 0 saturated heterocycles. The first-order valence-corrected chi connectivity index (χ1v) is 16.9. The fourth-order valence-corrected chi connectivity index (χ4v) is 7.40. The van der Waals surface area contributed by atoms with E-state index in [9.17, 15) is 15.0 Å². The van der Waals surface area contributed by atoms with E-state index in [2.05, 4.69) is 32.4 Å². The number of aliphatic hydroxyl groups is 2. The van der Waals surface area contributed by atoms with Crippen LogP contribution in [0.15, 0.2) is 128 Å². The summed E-state index contributed by atoms with van der Waals surface area (Å²) in [6.45, 7) is 1.70. The van der Waals surface area contributed by atoms with Crippen LogP contribution >= 0.6 is 11.8 Å². The zero-order valence-corrected chi connectivity index (χ0v) is 29.3. The number of nitrogens with one attached hydrogen (secondary N) is 1. The maximum absolute atomic E-state index is 12.9. The van der Waals surface area contributed by atoms with Crippen LogP contribution in [0, 0.1) is 0 Å². The minimum Gasteiger partial charge on any atom is -0.505 e. The summed E-state index contributed by atoms with van der Waals surface area (Å²) in [4.78, 5) is 25.7. The van der Waals surface area contributed by atoms with Crippen LogP contribution in [0.4, 0.5) is 5.82 Å². The number of hydrogen-bond acceptors (Lipinski definition) is 10. The van der Waals surface area contributed by atoms with Crippen molar-refractivity contribution >= 4 is 40.5 Å². The van der Waals surface area contributed by atoms with Gasteiger partial charge in [-0.2, -0.15) is 0 Å². The van der Waals surface area contributed by atoms with Gasteiger partial charge in [-0.15, -0.1) is 11.8 Å². The van der Waals surface area contributed by atoms with E-state index < -0.39 is 22.0 Å². The number of anilines is 1. The number of hydrogen-bond donors (Lipinski definition) is 3. The first-order chi connectivity index (χ1) is 24.7. The molecule has 1 unspecified atom stereocenters. The second-order valence-electron chi connectivity index (χ2n) is 11.7. The number of methoxy groups -OCH3 is 3. The van der Waals surface area contributed by atoms with Gasteiger partial charge in [0.05, 0.1) is 19.0 Å². The van der Waals surface area contributed by atoms with Gasteiger partial charge in [-0.25, -0.2) is 19.5 Å². The van der Waals surface area contributed by atoms with E-state index in [1.54, 1.807) is 45.4 Å². The van der Waals surface area contributed by atoms with Gasteiger partial charge in [0.15, 0.2) is 22.7 Å². The van der Waals surface area contributed by atoms with E-state index in [-0.39, 0.29) is 28.6 Å². The van der Waals surface area contributed by atoms with Crippen molar-refractivity contribution in [3.8, 4) is 11.5 Å². The molecular formula is C39H37N5O6S. The fraction of sp³-hybridized carbons (Fsp3) is 0.179. The Bertz CT molecular complexity index is 2090. The summed E-state index contributed by atoms with van der Waals surface area (Å²) in [5.41, 5.74) is 2.31. The molecular weight excluding hydrogens is 667 g/mol. The molecule has 260 valence electrons. The van der Waals surface area contributed by atoms with Crippen LogP contribution in [-0.2, 0) is 9.48 Å². The van der Waals surface area contributed by atoms with Crippen molar-refractivity contribution in [3.63, 3.8) is 0 Å². The highest BCUT2D eigenvalue weighted by atomic mass is 32.2. The molecule has 1 atom stereocenters. The fourth-order valence-electron chi connectivity index (χ4n) is 5.75. The predicted octanol–water partition coefficient (Wildman–Crippen LogP) is 7.47. The molecule has 0 aliphatic heterocycles. The largest absolute Gasteiger partial charge is 0.505 e. The van der Waals surface area contributed by atoms with E-state index in [0.29, 0.717) is 17.1 Å². The van der Waals surface area contributed by atoms with Gasteiger partial charge in [0.25, 0.3) is 5.91 Å². The van der Waals surface area contributed by atoms with Gasteiger partial charge in [-0.3, -0.25) is 4.79 Å². The maximum atomic E-state index is 12.9. The summed E-state index contributed by atoms with van der Waals surface area (Å²) < 4.78 is 17.4. The van der Waals surface area contributed by atoms with Gasteiger partial charge in [-0.05, 0) is 60.0 Å². The van der Waals surface area contributed by atoms with Crippen molar-refractivity contribution in [2.45, 2.75) is 17.3 Å². The zero-order chi connectivity index (χ0) is 36.0. The summed E-state index contributed by atoms with van der Waals surface area (Å²) in [5.74, 6) is 0.381. The molecule has 0 radical (unpaired) electrons. The van der Waals surface area contributed by atoms with Crippen LogP contribution < -0.4 is 14.8 Å². The Hall–Kier alpha value is -5.85. The van der Waals surface area contributed by atoms with E-state index >= 15 is 0 Å². The number of rotatable bonds is 13. The number of thioether (sulfide) groups is 1. The molecule has 0 aliphatic carbocycles. The number of aliphatic hydroxyl groups excluding tert-OH is 2. The highest BCUT2D eigenvalue weighted by Gasteiger charge is 2.42. The number of ether oxygens (including phenoxy) is 3. The van der Waals surface area contributed by atoms with E-state index in [1.165, 1.54) is 36.1 Å². The minimum atomic E-state index is -1.41. The van der Waals surface area contributed by atoms with E-state index in [4.69, 9.17) is 14.2 Å². The van der Waals surface area contributed by atoms with Gasteiger partial charge in [0, 0.05) is 18.4 Å². The summed E-state index contributed by atoms with van der Waals surface area (Å²) in [7, 11) is 4.72. The number of aromatic nitrogens is 4. The van der Waals surface area contributed by atoms with Crippen molar-refractivity contribution in [3.05, 3.63) is 150 Å². The Morgan fingerprint density at radius 2 is 1.31 bits per heavy atom. The van der Waals surface area contributed by atoms with Crippen molar-refractivity contribution in [1.82, 2.24) is 19.5 Å². The molecule has 51 heavy (non-hydrogen) atoms. The monoisotopic (exact) mass is 703 g/mol. The van der Waals surface area contributed by atoms with Crippen LogP contribution in [0.3, 0.4) is 0 Å². The average Bonchev–Trinajstić information content (AvgIpc) is 3.64. The molecule has 2 aromatic heterocycles. The predicted molar refractivity (Wildman–Crippen MR) is 198 cm³/mol. The number of amides is 1. The molecule has 1 amide bonds. The van der Waals surface area contributed by atoms with Crippen LogP contribution in [0.1, 0.15) is 34.0 Å². The summed E-state index contributed by atoms with van der Waals surface area (Å²) >= 11 is 1.53. The Labute approximate surface area is 299 Å². The lowest BCUT2D eigenvalue weighted by Crippen LogP contribution is -2.37. The number of nitrogens with zero attached hydrogens (tertiary/aromatic N) is 4. The molecule has 4 aromatic carbocycles. The van der Waals surface area contributed by atoms with E-state index in [1.807, 2.05) is 72.8 Å². The number of benzene rings is 4. The van der Waals surface area contributed by atoms with Gasteiger partial charge >= 0.3 is 0 Å². The average molecular weight is 704 g/mol. The number of carbonyl (C=O) groups excluding carboxylic acids is 1. The number of imidazole rings is 1. The van der Waals surface area contributed by atoms with Crippen molar-refractivity contribution in [1.29, 1.82) is 0 Å². The SMILES string of the molecule is COc1ccc(C(SCC(C)(OC)/C(O)=C(/O)n2cnc3c(NC(=O)c4ccccc4)ncnc32)(c2ccccc2)c2ccc(OC)cc2)cc1. The van der Waals surface area contributed by atoms with Crippen molar-refractivity contribution in [2.75, 3.05) is 32.4 Å². The highest BCUT2D eigenvalue weighted by Crippen LogP contribution is 2.51. The van der Waals surface area contributed by atoms with Crippen LogP contribution in [0.25, 0.3) is 17.0 Å². The molecule has 0 fully saturated rings. The summed E-state index contributed by atoms with van der Waals surface area (Å²) in [5, 5.41) is 26.1. The quantitative estimate of drug-likeness (QED) is 0.0820. The van der Waals surface area contributed by atoms with Gasteiger partial charge in [0.2, 0.25) is 5.88 Å². The van der Waals surface area contributed by atoms with Crippen LogP contribution in [0.5, 0.6) is 11.5 Å². The molecule has 12 heteroatoms.